The SMILES string of the molecule is Cc1ccc(CNC(=O)C2CCC(C(=O)O)CC2)c(OC(C)(C)C)c1. The summed E-state index contributed by atoms with van der Waals surface area (Å²) in [6.45, 7) is 8.43. The van der Waals surface area contributed by atoms with Crippen LogP contribution in [-0.2, 0) is 16.1 Å². The van der Waals surface area contributed by atoms with E-state index < -0.39 is 5.97 Å². The molecule has 2 N–H and O–H groups in total. The lowest BCUT2D eigenvalue weighted by molar-refractivity contribution is -0.144. The molecule has 5 heteroatoms. The number of carbonyl (C=O) groups is 2. The molecule has 0 heterocycles. The molecule has 1 aliphatic rings. The van der Waals surface area contributed by atoms with E-state index in [9.17, 15) is 9.59 Å². The van der Waals surface area contributed by atoms with Crippen molar-refractivity contribution in [2.24, 2.45) is 11.8 Å². The molecular weight excluding hydrogens is 318 g/mol. The zero-order valence-electron chi connectivity index (χ0n) is 15.6. The molecule has 1 amide bonds. The lowest BCUT2D eigenvalue weighted by Crippen LogP contribution is -2.34. The fraction of sp³-hybridized carbons (Fsp3) is 0.600. The van der Waals surface area contributed by atoms with Crippen LogP contribution in [0.4, 0.5) is 0 Å². The van der Waals surface area contributed by atoms with E-state index >= 15 is 0 Å². The lowest BCUT2D eigenvalue weighted by atomic mass is 9.81. The summed E-state index contributed by atoms with van der Waals surface area (Å²) < 4.78 is 6.02. The lowest BCUT2D eigenvalue weighted by Gasteiger charge is -2.26. The smallest absolute Gasteiger partial charge is 0.306 e. The third-order valence-corrected chi connectivity index (χ3v) is 4.54. The van der Waals surface area contributed by atoms with Gasteiger partial charge >= 0.3 is 5.97 Å². The Hall–Kier alpha value is -2.04. The molecule has 1 aromatic carbocycles. The Balaban J connectivity index is 1.95. The first-order chi connectivity index (χ1) is 11.7. The van der Waals surface area contributed by atoms with Crippen molar-refractivity contribution in [1.82, 2.24) is 5.32 Å². The summed E-state index contributed by atoms with van der Waals surface area (Å²) in [5.74, 6) is -0.336. The zero-order valence-corrected chi connectivity index (χ0v) is 15.6. The second kappa shape index (κ2) is 7.89. The Kier molecular flexibility index (Phi) is 6.09. The minimum absolute atomic E-state index is 0.00567. The van der Waals surface area contributed by atoms with Crippen LogP contribution in [0.3, 0.4) is 0 Å². The number of carboxylic acids is 1. The van der Waals surface area contributed by atoms with Gasteiger partial charge in [0, 0.05) is 18.0 Å². The van der Waals surface area contributed by atoms with E-state index in [1.807, 2.05) is 45.9 Å². The van der Waals surface area contributed by atoms with Gasteiger partial charge in [-0.3, -0.25) is 9.59 Å². The van der Waals surface area contributed by atoms with Crippen molar-refractivity contribution in [3.8, 4) is 5.75 Å². The average molecular weight is 347 g/mol. The molecule has 0 saturated heterocycles. The highest BCUT2D eigenvalue weighted by molar-refractivity contribution is 5.79. The molecule has 1 fully saturated rings. The molecule has 0 bridgehead atoms. The number of rotatable bonds is 5. The molecule has 0 aliphatic heterocycles. The fourth-order valence-electron chi connectivity index (χ4n) is 3.16. The number of benzene rings is 1. The van der Waals surface area contributed by atoms with Crippen LogP contribution >= 0.6 is 0 Å². The van der Waals surface area contributed by atoms with E-state index in [0.29, 0.717) is 32.2 Å². The number of hydrogen-bond donors (Lipinski definition) is 2. The van der Waals surface area contributed by atoms with Crippen LogP contribution in [0.25, 0.3) is 0 Å². The Morgan fingerprint density at radius 3 is 2.32 bits per heavy atom. The molecule has 0 aromatic heterocycles. The molecule has 0 radical (unpaired) electrons. The molecule has 5 nitrogen and oxygen atoms in total. The van der Waals surface area contributed by atoms with Gasteiger partial charge in [0.25, 0.3) is 0 Å². The first-order valence-electron chi connectivity index (χ1n) is 8.95. The van der Waals surface area contributed by atoms with Gasteiger partial charge in [0.15, 0.2) is 0 Å². The number of aryl methyl sites for hydroxylation is 1. The third kappa shape index (κ3) is 5.76. The van der Waals surface area contributed by atoms with Crippen molar-refractivity contribution < 1.29 is 19.4 Å². The number of ether oxygens (including phenoxy) is 1. The summed E-state index contributed by atoms with van der Waals surface area (Å²) in [7, 11) is 0. The van der Waals surface area contributed by atoms with E-state index in [4.69, 9.17) is 9.84 Å². The highest BCUT2D eigenvalue weighted by Crippen LogP contribution is 2.29. The van der Waals surface area contributed by atoms with Crippen LogP contribution in [0, 0.1) is 18.8 Å². The Labute approximate surface area is 149 Å². The van der Waals surface area contributed by atoms with Crippen molar-refractivity contribution in [2.45, 2.75) is 65.5 Å². The van der Waals surface area contributed by atoms with Crippen LogP contribution in [-0.4, -0.2) is 22.6 Å². The van der Waals surface area contributed by atoms with Gasteiger partial charge in [-0.25, -0.2) is 0 Å². The summed E-state index contributed by atoms with van der Waals surface area (Å²) in [5, 5.41) is 12.0. The summed E-state index contributed by atoms with van der Waals surface area (Å²) in [5.41, 5.74) is 1.76. The monoisotopic (exact) mass is 347 g/mol. The maximum atomic E-state index is 12.4. The van der Waals surface area contributed by atoms with E-state index in [-0.39, 0.29) is 23.3 Å². The number of amides is 1. The summed E-state index contributed by atoms with van der Waals surface area (Å²) in [6, 6.07) is 5.98. The molecule has 0 atom stereocenters. The highest BCUT2D eigenvalue weighted by Gasteiger charge is 2.29. The molecule has 138 valence electrons. The minimum atomic E-state index is -0.748. The standard InChI is InChI=1S/C20H29NO4/c1-13-5-6-16(17(11-13)25-20(2,3)4)12-21-18(22)14-7-9-15(10-8-14)19(23)24/h5-6,11,14-15H,7-10,12H2,1-4H3,(H,21,22)(H,23,24). The van der Waals surface area contributed by atoms with Crippen LogP contribution < -0.4 is 10.1 Å². The minimum Gasteiger partial charge on any atom is -0.488 e. The number of hydrogen-bond acceptors (Lipinski definition) is 3. The molecule has 0 unspecified atom stereocenters. The largest absolute Gasteiger partial charge is 0.488 e. The summed E-state index contributed by atoms with van der Waals surface area (Å²) >= 11 is 0. The Morgan fingerprint density at radius 2 is 1.76 bits per heavy atom. The molecule has 2 rings (SSSR count). The summed E-state index contributed by atoms with van der Waals surface area (Å²) in [6.07, 6.45) is 2.44. The van der Waals surface area contributed by atoms with Gasteiger partial charge in [0.2, 0.25) is 5.91 Å². The van der Waals surface area contributed by atoms with E-state index in [0.717, 1.165) is 16.9 Å². The van der Waals surface area contributed by atoms with Gasteiger partial charge in [-0.05, 0) is 65.0 Å². The zero-order chi connectivity index (χ0) is 18.6. The second-order valence-electron chi connectivity index (χ2n) is 7.93. The Morgan fingerprint density at radius 1 is 1.16 bits per heavy atom. The van der Waals surface area contributed by atoms with Crippen LogP contribution in [0.5, 0.6) is 5.75 Å². The van der Waals surface area contributed by atoms with Crippen molar-refractivity contribution in [3.63, 3.8) is 0 Å². The van der Waals surface area contributed by atoms with Crippen molar-refractivity contribution in [3.05, 3.63) is 29.3 Å². The van der Waals surface area contributed by atoms with E-state index in [2.05, 4.69) is 5.32 Å². The molecule has 25 heavy (non-hydrogen) atoms. The molecular formula is C20H29NO4. The third-order valence-electron chi connectivity index (χ3n) is 4.54. The first-order valence-corrected chi connectivity index (χ1v) is 8.95. The maximum absolute atomic E-state index is 12.4. The van der Waals surface area contributed by atoms with Gasteiger partial charge in [-0.1, -0.05) is 12.1 Å². The van der Waals surface area contributed by atoms with Crippen molar-refractivity contribution in [2.75, 3.05) is 0 Å². The van der Waals surface area contributed by atoms with Gasteiger partial charge in [-0.2, -0.15) is 0 Å². The second-order valence-corrected chi connectivity index (χ2v) is 7.93. The van der Waals surface area contributed by atoms with Gasteiger partial charge in [0.05, 0.1) is 5.92 Å². The van der Waals surface area contributed by atoms with E-state index in [1.165, 1.54) is 0 Å². The van der Waals surface area contributed by atoms with Gasteiger partial charge < -0.3 is 15.2 Å². The maximum Gasteiger partial charge on any atom is 0.306 e. The normalized spacial score (nSPS) is 20.8. The van der Waals surface area contributed by atoms with Gasteiger partial charge in [-0.15, -0.1) is 0 Å². The van der Waals surface area contributed by atoms with Crippen LogP contribution in [0.15, 0.2) is 18.2 Å². The number of aliphatic carboxylic acids is 1. The summed E-state index contributed by atoms with van der Waals surface area (Å²) in [4.78, 5) is 23.4. The number of carboxylic acid groups (broad SMARTS) is 1. The number of nitrogens with one attached hydrogen (secondary N) is 1. The first kappa shape index (κ1) is 19.3. The Bertz CT molecular complexity index is 625. The predicted molar refractivity (Wildman–Crippen MR) is 96.5 cm³/mol. The fourth-order valence-corrected chi connectivity index (χ4v) is 3.16. The highest BCUT2D eigenvalue weighted by atomic mass is 16.5. The van der Waals surface area contributed by atoms with Crippen LogP contribution in [0.2, 0.25) is 0 Å². The molecule has 0 spiro atoms. The van der Waals surface area contributed by atoms with E-state index in [1.54, 1.807) is 0 Å². The molecule has 1 aliphatic carbocycles. The van der Waals surface area contributed by atoms with Crippen molar-refractivity contribution in [1.29, 1.82) is 0 Å². The average Bonchev–Trinajstić information content (AvgIpc) is 2.52. The van der Waals surface area contributed by atoms with Crippen LogP contribution in [0.1, 0.15) is 57.6 Å². The van der Waals surface area contributed by atoms with Gasteiger partial charge in [0.1, 0.15) is 11.4 Å². The topological polar surface area (TPSA) is 75.6 Å². The van der Waals surface area contributed by atoms with Crippen molar-refractivity contribution >= 4 is 11.9 Å². The quantitative estimate of drug-likeness (QED) is 0.852. The predicted octanol–water partition coefficient (Wildman–Crippen LogP) is 3.68. The molecule has 1 saturated carbocycles. The number of carbonyl (C=O) groups excluding carboxylic acids is 1. The molecule has 1 aromatic rings.